The average molecular weight is 344 g/mol. The molecule has 0 saturated carbocycles. The van der Waals surface area contributed by atoms with E-state index in [1.165, 1.54) is 4.90 Å². The molecule has 1 aromatic carbocycles. The van der Waals surface area contributed by atoms with E-state index in [9.17, 15) is 18.0 Å². The van der Waals surface area contributed by atoms with Gasteiger partial charge in [0.15, 0.2) is 0 Å². The van der Waals surface area contributed by atoms with E-state index in [-0.39, 0.29) is 12.5 Å². The van der Waals surface area contributed by atoms with Crippen molar-refractivity contribution < 1.29 is 22.7 Å². The molecule has 0 unspecified atom stereocenters. The molecule has 4 nitrogen and oxygen atoms in total. The first-order chi connectivity index (χ1) is 11.4. The number of carbonyl (C=O) groups is 1. The highest BCUT2D eigenvalue weighted by Crippen LogP contribution is 2.20. The van der Waals surface area contributed by atoms with Crippen molar-refractivity contribution in [1.82, 2.24) is 9.80 Å². The van der Waals surface area contributed by atoms with Crippen LogP contribution < -0.4 is 4.74 Å². The molecule has 1 heterocycles. The number of rotatable bonds is 5. The Kier molecular flexibility index (Phi) is 6.48. The summed E-state index contributed by atoms with van der Waals surface area (Å²) in [6.07, 6.45) is -2.73. The third-order valence-electron chi connectivity index (χ3n) is 4.14. The molecule has 0 aliphatic carbocycles. The van der Waals surface area contributed by atoms with Gasteiger partial charge in [0.1, 0.15) is 5.75 Å². The van der Waals surface area contributed by atoms with Crippen LogP contribution in [0.1, 0.15) is 18.4 Å². The number of nitrogens with zero attached hydrogens (tertiary/aromatic N) is 2. The first-order valence-corrected chi connectivity index (χ1v) is 8.08. The number of methoxy groups -OCH3 is 1. The number of aryl methyl sites for hydroxylation is 1. The number of amides is 1. The smallest absolute Gasteiger partial charge is 0.401 e. The molecular weight excluding hydrogens is 321 g/mol. The second-order valence-electron chi connectivity index (χ2n) is 5.94. The molecular formula is C17H23F3N2O2. The molecule has 0 atom stereocenters. The summed E-state index contributed by atoms with van der Waals surface area (Å²) < 4.78 is 42.7. The molecule has 0 bridgehead atoms. The van der Waals surface area contributed by atoms with Crippen molar-refractivity contribution in [3.63, 3.8) is 0 Å². The number of hydrogen-bond acceptors (Lipinski definition) is 3. The summed E-state index contributed by atoms with van der Waals surface area (Å²) in [6.45, 7) is 0.589. The highest BCUT2D eigenvalue weighted by molar-refractivity contribution is 5.76. The lowest BCUT2D eigenvalue weighted by molar-refractivity contribution is -0.145. The SMILES string of the molecule is COc1ccccc1CCC(=O)N1CCCN(CC(F)(F)F)CC1. The minimum absolute atomic E-state index is 0.0187. The Hall–Kier alpha value is -1.76. The van der Waals surface area contributed by atoms with E-state index in [0.717, 1.165) is 11.3 Å². The summed E-state index contributed by atoms with van der Waals surface area (Å²) in [6, 6.07) is 7.53. The van der Waals surface area contributed by atoms with E-state index in [1.54, 1.807) is 12.0 Å². The third kappa shape index (κ3) is 5.70. The fourth-order valence-electron chi connectivity index (χ4n) is 2.94. The van der Waals surface area contributed by atoms with Crippen LogP contribution in [0.15, 0.2) is 24.3 Å². The maximum Gasteiger partial charge on any atom is 0.401 e. The second kappa shape index (κ2) is 8.37. The summed E-state index contributed by atoms with van der Waals surface area (Å²) in [5, 5.41) is 0. The van der Waals surface area contributed by atoms with Gasteiger partial charge in [0.05, 0.1) is 13.7 Å². The van der Waals surface area contributed by atoms with Gasteiger partial charge in [-0.1, -0.05) is 18.2 Å². The molecule has 7 heteroatoms. The van der Waals surface area contributed by atoms with Crippen LogP contribution in [0.5, 0.6) is 5.75 Å². The van der Waals surface area contributed by atoms with Gasteiger partial charge in [-0.05, 0) is 24.5 Å². The van der Waals surface area contributed by atoms with Gasteiger partial charge in [-0.2, -0.15) is 13.2 Å². The summed E-state index contributed by atoms with van der Waals surface area (Å²) in [5.74, 6) is 0.729. The standard InChI is InChI=1S/C17H23F3N2O2/c1-24-15-6-3-2-5-14(15)7-8-16(23)22-10-4-9-21(11-12-22)13-17(18,19)20/h2-3,5-6H,4,7-13H2,1H3. The van der Waals surface area contributed by atoms with E-state index in [4.69, 9.17) is 4.74 Å². The van der Waals surface area contributed by atoms with E-state index in [2.05, 4.69) is 0 Å². The van der Waals surface area contributed by atoms with Crippen LogP contribution in [0.3, 0.4) is 0 Å². The van der Waals surface area contributed by atoms with Crippen LogP contribution in [0.2, 0.25) is 0 Å². The summed E-state index contributed by atoms with van der Waals surface area (Å²) in [4.78, 5) is 15.4. The molecule has 0 aromatic heterocycles. The number of para-hydroxylation sites is 1. The molecule has 0 radical (unpaired) electrons. The van der Waals surface area contributed by atoms with Crippen LogP contribution in [0.25, 0.3) is 0 Å². The van der Waals surface area contributed by atoms with E-state index in [1.807, 2.05) is 24.3 Å². The number of ether oxygens (including phenoxy) is 1. The van der Waals surface area contributed by atoms with Gasteiger partial charge in [0.25, 0.3) is 0 Å². The largest absolute Gasteiger partial charge is 0.496 e. The number of carbonyl (C=O) groups excluding carboxylic acids is 1. The topological polar surface area (TPSA) is 32.8 Å². The number of halogens is 3. The van der Waals surface area contributed by atoms with Gasteiger partial charge in [0, 0.05) is 32.6 Å². The zero-order valence-corrected chi connectivity index (χ0v) is 13.8. The summed E-state index contributed by atoms with van der Waals surface area (Å²) >= 11 is 0. The number of hydrogen-bond donors (Lipinski definition) is 0. The molecule has 1 fully saturated rings. The van der Waals surface area contributed by atoms with Gasteiger partial charge in [-0.3, -0.25) is 9.69 Å². The van der Waals surface area contributed by atoms with Crippen molar-refractivity contribution in [1.29, 1.82) is 0 Å². The van der Waals surface area contributed by atoms with Crippen LogP contribution in [0, 0.1) is 0 Å². The Bertz CT molecular complexity index is 549. The minimum atomic E-state index is -4.19. The molecule has 134 valence electrons. The quantitative estimate of drug-likeness (QED) is 0.823. The number of alkyl halides is 3. The highest BCUT2D eigenvalue weighted by atomic mass is 19.4. The molecule has 1 aliphatic rings. The van der Waals surface area contributed by atoms with Crippen molar-refractivity contribution in [3.05, 3.63) is 29.8 Å². The van der Waals surface area contributed by atoms with E-state index < -0.39 is 12.7 Å². The summed E-state index contributed by atoms with van der Waals surface area (Å²) in [5.41, 5.74) is 0.960. The molecule has 24 heavy (non-hydrogen) atoms. The first-order valence-electron chi connectivity index (χ1n) is 8.08. The van der Waals surface area contributed by atoms with Gasteiger partial charge >= 0.3 is 6.18 Å². The van der Waals surface area contributed by atoms with Crippen LogP contribution in [0.4, 0.5) is 13.2 Å². The highest BCUT2D eigenvalue weighted by Gasteiger charge is 2.31. The van der Waals surface area contributed by atoms with E-state index in [0.29, 0.717) is 38.9 Å². The van der Waals surface area contributed by atoms with Crippen molar-refractivity contribution in [2.75, 3.05) is 39.8 Å². The normalized spacial score (nSPS) is 16.8. The van der Waals surface area contributed by atoms with Crippen LogP contribution >= 0.6 is 0 Å². The number of benzene rings is 1. The monoisotopic (exact) mass is 344 g/mol. The minimum Gasteiger partial charge on any atom is -0.496 e. The molecule has 1 aliphatic heterocycles. The fourth-order valence-corrected chi connectivity index (χ4v) is 2.94. The van der Waals surface area contributed by atoms with Crippen molar-refractivity contribution in [2.45, 2.75) is 25.4 Å². The zero-order valence-electron chi connectivity index (χ0n) is 13.8. The lowest BCUT2D eigenvalue weighted by atomic mass is 10.1. The lowest BCUT2D eigenvalue weighted by Crippen LogP contribution is -2.38. The maximum atomic E-state index is 12.5. The van der Waals surface area contributed by atoms with Gasteiger partial charge in [-0.15, -0.1) is 0 Å². The second-order valence-corrected chi connectivity index (χ2v) is 5.94. The predicted molar refractivity (Wildman–Crippen MR) is 85.0 cm³/mol. The Morgan fingerprint density at radius 1 is 1.17 bits per heavy atom. The van der Waals surface area contributed by atoms with Crippen LogP contribution in [-0.2, 0) is 11.2 Å². The molecule has 2 rings (SSSR count). The first kappa shape index (κ1) is 18.6. The Morgan fingerprint density at radius 3 is 2.62 bits per heavy atom. The van der Waals surface area contributed by atoms with Crippen molar-refractivity contribution in [2.24, 2.45) is 0 Å². The van der Waals surface area contributed by atoms with Gasteiger partial charge in [0.2, 0.25) is 5.91 Å². The van der Waals surface area contributed by atoms with Gasteiger partial charge in [-0.25, -0.2) is 0 Å². The average Bonchev–Trinajstić information content (AvgIpc) is 2.76. The maximum absolute atomic E-state index is 12.5. The Labute approximate surface area is 140 Å². The molecule has 1 amide bonds. The van der Waals surface area contributed by atoms with Gasteiger partial charge < -0.3 is 9.64 Å². The van der Waals surface area contributed by atoms with E-state index >= 15 is 0 Å². The zero-order chi connectivity index (χ0) is 17.6. The third-order valence-corrected chi connectivity index (χ3v) is 4.14. The Balaban J connectivity index is 1.84. The molecule has 1 aromatic rings. The molecule has 1 saturated heterocycles. The molecule has 0 spiro atoms. The summed E-state index contributed by atoms with van der Waals surface area (Å²) in [7, 11) is 1.59. The van der Waals surface area contributed by atoms with Crippen molar-refractivity contribution >= 4 is 5.91 Å². The predicted octanol–water partition coefficient (Wildman–Crippen LogP) is 2.72. The lowest BCUT2D eigenvalue weighted by Gasteiger charge is -2.23. The van der Waals surface area contributed by atoms with Crippen molar-refractivity contribution in [3.8, 4) is 5.75 Å². The fraction of sp³-hybridized carbons (Fsp3) is 0.588. The Morgan fingerprint density at radius 2 is 1.92 bits per heavy atom. The van der Waals surface area contributed by atoms with Crippen LogP contribution in [-0.4, -0.2) is 61.7 Å². The molecule has 0 N–H and O–H groups in total.